The van der Waals surface area contributed by atoms with E-state index in [4.69, 9.17) is 15.2 Å². The molecule has 20 heavy (non-hydrogen) atoms. The van der Waals surface area contributed by atoms with Crippen molar-refractivity contribution in [2.24, 2.45) is 11.1 Å². The highest BCUT2D eigenvalue weighted by Gasteiger charge is 2.46. The first-order chi connectivity index (χ1) is 9.40. The van der Waals surface area contributed by atoms with Gasteiger partial charge >= 0.3 is 0 Å². The Kier molecular flexibility index (Phi) is 3.90. The lowest BCUT2D eigenvalue weighted by Crippen LogP contribution is -2.64. The van der Waals surface area contributed by atoms with Crippen LogP contribution in [0.15, 0.2) is 18.2 Å². The average molecular weight is 278 g/mol. The number of methoxy groups -OCH3 is 2. The van der Waals surface area contributed by atoms with E-state index in [0.717, 1.165) is 6.42 Å². The van der Waals surface area contributed by atoms with Gasteiger partial charge in [0.2, 0.25) is 0 Å². The lowest BCUT2D eigenvalue weighted by atomic mass is 9.63. The molecule has 5 heteroatoms. The van der Waals surface area contributed by atoms with Gasteiger partial charge in [-0.15, -0.1) is 0 Å². The molecule has 0 spiro atoms. The minimum absolute atomic E-state index is 0.0740. The van der Waals surface area contributed by atoms with Crippen LogP contribution in [0.2, 0.25) is 0 Å². The molecular formula is C15H22N2O3. The smallest absolute Gasteiger partial charge is 0.255 e. The molecule has 0 bridgehead atoms. The van der Waals surface area contributed by atoms with Crippen molar-refractivity contribution in [1.29, 1.82) is 0 Å². The van der Waals surface area contributed by atoms with Gasteiger partial charge in [0.05, 0.1) is 19.8 Å². The Morgan fingerprint density at radius 3 is 2.55 bits per heavy atom. The zero-order valence-corrected chi connectivity index (χ0v) is 12.4. The molecule has 1 aliphatic rings. The molecule has 0 aromatic heterocycles. The van der Waals surface area contributed by atoms with Crippen molar-refractivity contribution in [3.8, 4) is 11.5 Å². The van der Waals surface area contributed by atoms with Crippen LogP contribution in [-0.2, 0) is 0 Å². The molecule has 0 saturated heterocycles. The molecule has 5 nitrogen and oxygen atoms in total. The summed E-state index contributed by atoms with van der Waals surface area (Å²) in [5, 5.41) is 3.03. The zero-order valence-electron chi connectivity index (χ0n) is 12.4. The number of benzene rings is 1. The Morgan fingerprint density at radius 2 is 2.05 bits per heavy atom. The first kappa shape index (κ1) is 14.7. The fourth-order valence-corrected chi connectivity index (χ4v) is 2.43. The highest BCUT2D eigenvalue weighted by Crippen LogP contribution is 2.39. The van der Waals surface area contributed by atoms with Crippen LogP contribution in [0.5, 0.6) is 11.5 Å². The number of hydrogen-bond acceptors (Lipinski definition) is 4. The van der Waals surface area contributed by atoms with Gasteiger partial charge in [-0.1, -0.05) is 13.8 Å². The van der Waals surface area contributed by atoms with Crippen LogP contribution >= 0.6 is 0 Å². The fourth-order valence-electron chi connectivity index (χ4n) is 2.43. The number of rotatable bonds is 4. The van der Waals surface area contributed by atoms with Crippen LogP contribution in [0.25, 0.3) is 0 Å². The molecule has 1 fully saturated rings. The van der Waals surface area contributed by atoms with Gasteiger partial charge in [-0.3, -0.25) is 4.79 Å². The Morgan fingerprint density at radius 1 is 1.35 bits per heavy atom. The monoisotopic (exact) mass is 278 g/mol. The molecule has 1 aliphatic carbocycles. The van der Waals surface area contributed by atoms with Crippen LogP contribution < -0.4 is 20.5 Å². The van der Waals surface area contributed by atoms with Gasteiger partial charge in [0.15, 0.2) is 0 Å². The predicted octanol–water partition coefficient (Wildman–Crippen LogP) is 1.56. The molecule has 0 aliphatic heterocycles. The molecule has 2 atom stereocenters. The molecule has 0 heterocycles. The number of nitrogens with one attached hydrogen (secondary N) is 1. The summed E-state index contributed by atoms with van der Waals surface area (Å²) in [6, 6.07) is 5.38. The summed E-state index contributed by atoms with van der Waals surface area (Å²) in [4.78, 5) is 12.3. The minimum atomic E-state index is -0.144. The van der Waals surface area contributed by atoms with Crippen molar-refractivity contribution in [1.82, 2.24) is 5.32 Å². The highest BCUT2D eigenvalue weighted by molar-refractivity contribution is 5.97. The third kappa shape index (κ3) is 2.45. The lowest BCUT2D eigenvalue weighted by Gasteiger charge is -2.50. The molecule has 110 valence electrons. The second-order valence-corrected chi connectivity index (χ2v) is 5.76. The van der Waals surface area contributed by atoms with Gasteiger partial charge in [0.1, 0.15) is 11.5 Å². The van der Waals surface area contributed by atoms with Gasteiger partial charge in [-0.25, -0.2) is 0 Å². The van der Waals surface area contributed by atoms with E-state index in [0.29, 0.717) is 17.1 Å². The van der Waals surface area contributed by atoms with Crippen LogP contribution in [0.1, 0.15) is 30.6 Å². The van der Waals surface area contributed by atoms with E-state index >= 15 is 0 Å². The van der Waals surface area contributed by atoms with Crippen LogP contribution in [0.3, 0.4) is 0 Å². The number of carbonyl (C=O) groups is 1. The lowest BCUT2D eigenvalue weighted by molar-refractivity contribution is 0.0585. The van der Waals surface area contributed by atoms with E-state index in [-0.39, 0.29) is 23.4 Å². The van der Waals surface area contributed by atoms with E-state index in [9.17, 15) is 4.79 Å². The standard InChI is InChI=1S/C15H22N2O3/c1-15(2)12(16)8-13(15)17-14(18)10-6-5-9(19-3)7-11(10)20-4/h5-7,12-13H,8,16H2,1-4H3,(H,17,18). The molecule has 2 unspecified atom stereocenters. The summed E-state index contributed by atoms with van der Waals surface area (Å²) in [5.41, 5.74) is 6.39. The van der Waals surface area contributed by atoms with Crippen LogP contribution in [0.4, 0.5) is 0 Å². The van der Waals surface area contributed by atoms with Crippen molar-refractivity contribution >= 4 is 5.91 Å². The molecule has 0 radical (unpaired) electrons. The summed E-state index contributed by atoms with van der Waals surface area (Å²) in [5.74, 6) is 1.02. The Labute approximate surface area is 119 Å². The molecular weight excluding hydrogens is 256 g/mol. The summed E-state index contributed by atoms with van der Waals surface area (Å²) in [6.45, 7) is 4.13. The molecule has 3 N–H and O–H groups in total. The van der Waals surface area contributed by atoms with Gasteiger partial charge in [0.25, 0.3) is 5.91 Å². The minimum Gasteiger partial charge on any atom is -0.497 e. The fraction of sp³-hybridized carbons (Fsp3) is 0.533. The second-order valence-electron chi connectivity index (χ2n) is 5.76. The SMILES string of the molecule is COc1ccc(C(=O)NC2CC(N)C2(C)C)c(OC)c1. The molecule has 1 aromatic rings. The van der Waals surface area contributed by atoms with Gasteiger partial charge in [-0.2, -0.15) is 0 Å². The quantitative estimate of drug-likeness (QED) is 0.876. The summed E-state index contributed by atoms with van der Waals surface area (Å²) >= 11 is 0. The third-order valence-electron chi connectivity index (χ3n) is 4.30. The largest absolute Gasteiger partial charge is 0.497 e. The molecule has 1 aromatic carbocycles. The van der Waals surface area contributed by atoms with Gasteiger partial charge in [0, 0.05) is 23.6 Å². The van der Waals surface area contributed by atoms with Crippen molar-refractivity contribution in [2.75, 3.05) is 14.2 Å². The summed E-state index contributed by atoms with van der Waals surface area (Å²) in [7, 11) is 3.11. The average Bonchev–Trinajstić information content (AvgIpc) is 2.45. The maximum atomic E-state index is 12.3. The number of carbonyl (C=O) groups excluding carboxylic acids is 1. The summed E-state index contributed by atoms with van der Waals surface area (Å²) < 4.78 is 10.4. The van der Waals surface area contributed by atoms with E-state index in [1.54, 1.807) is 25.3 Å². The Hall–Kier alpha value is -1.75. The van der Waals surface area contributed by atoms with Crippen LogP contribution in [0, 0.1) is 5.41 Å². The Balaban J connectivity index is 2.14. The number of hydrogen-bond donors (Lipinski definition) is 2. The van der Waals surface area contributed by atoms with E-state index in [2.05, 4.69) is 19.2 Å². The Bertz CT molecular complexity index is 514. The number of amides is 1. The van der Waals surface area contributed by atoms with Crippen molar-refractivity contribution in [3.05, 3.63) is 23.8 Å². The zero-order chi connectivity index (χ0) is 14.9. The van der Waals surface area contributed by atoms with Crippen molar-refractivity contribution < 1.29 is 14.3 Å². The summed E-state index contributed by atoms with van der Waals surface area (Å²) in [6.07, 6.45) is 0.803. The number of nitrogens with two attached hydrogens (primary N) is 1. The van der Waals surface area contributed by atoms with Crippen LogP contribution in [-0.4, -0.2) is 32.2 Å². The topological polar surface area (TPSA) is 73.6 Å². The van der Waals surface area contributed by atoms with Crippen molar-refractivity contribution in [3.63, 3.8) is 0 Å². The van der Waals surface area contributed by atoms with E-state index in [1.807, 2.05) is 0 Å². The maximum Gasteiger partial charge on any atom is 0.255 e. The van der Waals surface area contributed by atoms with E-state index < -0.39 is 0 Å². The normalized spacial score (nSPS) is 23.6. The first-order valence-electron chi connectivity index (χ1n) is 6.68. The van der Waals surface area contributed by atoms with Crippen molar-refractivity contribution in [2.45, 2.75) is 32.4 Å². The molecule has 2 rings (SSSR count). The third-order valence-corrected chi connectivity index (χ3v) is 4.30. The number of ether oxygens (including phenoxy) is 2. The maximum absolute atomic E-state index is 12.3. The van der Waals surface area contributed by atoms with E-state index in [1.165, 1.54) is 7.11 Å². The first-order valence-corrected chi connectivity index (χ1v) is 6.68. The molecule has 1 amide bonds. The highest BCUT2D eigenvalue weighted by atomic mass is 16.5. The molecule has 1 saturated carbocycles. The van der Waals surface area contributed by atoms with Gasteiger partial charge < -0.3 is 20.5 Å². The van der Waals surface area contributed by atoms with Gasteiger partial charge in [-0.05, 0) is 18.6 Å². The predicted molar refractivity (Wildman–Crippen MR) is 77.2 cm³/mol. The second kappa shape index (κ2) is 5.32.